The third kappa shape index (κ3) is 5.29. The Morgan fingerprint density at radius 2 is 1.86 bits per heavy atom. The first kappa shape index (κ1) is 21.2. The second-order valence-electron chi connectivity index (χ2n) is 7.17. The maximum absolute atomic E-state index is 12.8. The average molecular weight is 419 g/mol. The van der Waals surface area contributed by atoms with E-state index < -0.39 is 0 Å². The Bertz CT molecular complexity index is 823. The molecule has 0 bridgehead atoms. The standard InChI is InChI=1S/C21H27ClN4O3/c1-25(11-8-15-4-5-17(28-2)18(14-15)29-3)21(27)16-9-12-26(13-10-16)20-7-6-19(22)23-24-20/h4-7,14,16H,8-13H2,1-3H3. The van der Waals surface area contributed by atoms with Gasteiger partial charge >= 0.3 is 0 Å². The average Bonchev–Trinajstić information content (AvgIpc) is 2.77. The lowest BCUT2D eigenvalue weighted by Gasteiger charge is -2.33. The number of nitrogens with zero attached hydrogens (tertiary/aromatic N) is 4. The number of halogens is 1. The molecule has 0 N–H and O–H groups in total. The largest absolute Gasteiger partial charge is 0.493 e. The van der Waals surface area contributed by atoms with Gasteiger partial charge in [0.05, 0.1) is 14.2 Å². The van der Waals surface area contributed by atoms with Gasteiger partial charge in [0.1, 0.15) is 0 Å². The highest BCUT2D eigenvalue weighted by Gasteiger charge is 2.27. The van der Waals surface area contributed by atoms with Gasteiger partial charge in [0.2, 0.25) is 5.91 Å². The lowest BCUT2D eigenvalue weighted by Crippen LogP contribution is -2.42. The molecule has 0 saturated carbocycles. The number of aromatic nitrogens is 2. The molecule has 1 amide bonds. The predicted molar refractivity (Wildman–Crippen MR) is 113 cm³/mol. The van der Waals surface area contributed by atoms with Gasteiger partial charge in [-0.05, 0) is 49.1 Å². The number of hydrogen-bond acceptors (Lipinski definition) is 6. The highest BCUT2D eigenvalue weighted by Crippen LogP contribution is 2.28. The van der Waals surface area contributed by atoms with Crippen LogP contribution in [0.15, 0.2) is 30.3 Å². The monoisotopic (exact) mass is 418 g/mol. The molecule has 0 aliphatic carbocycles. The molecule has 2 heterocycles. The minimum absolute atomic E-state index is 0.0434. The van der Waals surface area contributed by atoms with Gasteiger partial charge in [-0.2, -0.15) is 0 Å². The normalized spacial score (nSPS) is 14.6. The molecule has 8 heteroatoms. The van der Waals surface area contributed by atoms with Crippen LogP contribution in [0.1, 0.15) is 18.4 Å². The van der Waals surface area contributed by atoms with Crippen LogP contribution in [0.25, 0.3) is 0 Å². The number of amides is 1. The van der Waals surface area contributed by atoms with E-state index in [2.05, 4.69) is 15.1 Å². The van der Waals surface area contributed by atoms with E-state index in [1.165, 1.54) is 0 Å². The summed E-state index contributed by atoms with van der Waals surface area (Å²) in [5.74, 6) is 2.46. The molecule has 1 saturated heterocycles. The summed E-state index contributed by atoms with van der Waals surface area (Å²) in [5, 5.41) is 8.40. The van der Waals surface area contributed by atoms with E-state index in [1.54, 1.807) is 20.3 Å². The van der Waals surface area contributed by atoms with Crippen molar-refractivity contribution in [3.05, 3.63) is 41.0 Å². The van der Waals surface area contributed by atoms with Gasteiger partial charge in [-0.15, -0.1) is 10.2 Å². The minimum atomic E-state index is 0.0434. The number of anilines is 1. The van der Waals surface area contributed by atoms with Crippen LogP contribution in [0.2, 0.25) is 5.15 Å². The van der Waals surface area contributed by atoms with Gasteiger partial charge in [0, 0.05) is 32.6 Å². The Morgan fingerprint density at radius 3 is 2.48 bits per heavy atom. The van der Waals surface area contributed by atoms with Crippen LogP contribution in [0.4, 0.5) is 5.82 Å². The minimum Gasteiger partial charge on any atom is -0.493 e. The molecule has 0 radical (unpaired) electrons. The summed E-state index contributed by atoms with van der Waals surface area (Å²) in [4.78, 5) is 16.8. The molecule has 156 valence electrons. The maximum atomic E-state index is 12.8. The van der Waals surface area contributed by atoms with Gasteiger partial charge in [-0.25, -0.2) is 0 Å². The summed E-state index contributed by atoms with van der Waals surface area (Å²) < 4.78 is 10.6. The zero-order valence-electron chi connectivity index (χ0n) is 17.1. The molecule has 7 nitrogen and oxygen atoms in total. The van der Waals surface area contributed by atoms with E-state index in [0.717, 1.165) is 43.7 Å². The summed E-state index contributed by atoms with van der Waals surface area (Å²) in [6, 6.07) is 9.47. The molecular formula is C21H27ClN4O3. The van der Waals surface area contributed by atoms with Gasteiger partial charge in [-0.1, -0.05) is 17.7 Å². The predicted octanol–water partition coefficient (Wildman–Crippen LogP) is 3.06. The van der Waals surface area contributed by atoms with Crippen LogP contribution >= 0.6 is 11.6 Å². The molecule has 29 heavy (non-hydrogen) atoms. The highest BCUT2D eigenvalue weighted by atomic mass is 35.5. The summed E-state index contributed by atoms with van der Waals surface area (Å²) >= 11 is 5.80. The molecule has 2 aromatic rings. The van der Waals surface area contributed by atoms with Gasteiger partial charge in [-0.3, -0.25) is 4.79 Å². The van der Waals surface area contributed by atoms with Gasteiger partial charge < -0.3 is 19.3 Å². The van der Waals surface area contributed by atoms with Crippen molar-refractivity contribution < 1.29 is 14.3 Å². The number of carbonyl (C=O) groups excluding carboxylic acids is 1. The number of likely N-dealkylation sites (N-methyl/N-ethyl adjacent to an activating group) is 1. The fourth-order valence-corrected chi connectivity index (χ4v) is 3.69. The summed E-state index contributed by atoms with van der Waals surface area (Å²) in [7, 11) is 5.12. The summed E-state index contributed by atoms with van der Waals surface area (Å²) in [5.41, 5.74) is 1.11. The zero-order valence-corrected chi connectivity index (χ0v) is 17.9. The van der Waals surface area contributed by atoms with E-state index in [0.29, 0.717) is 23.2 Å². The molecule has 3 rings (SSSR count). The Labute approximate surface area is 176 Å². The van der Waals surface area contributed by atoms with Crippen molar-refractivity contribution in [2.45, 2.75) is 19.3 Å². The van der Waals surface area contributed by atoms with Crippen LogP contribution in [-0.2, 0) is 11.2 Å². The topological polar surface area (TPSA) is 67.8 Å². The maximum Gasteiger partial charge on any atom is 0.225 e. The van der Waals surface area contributed by atoms with Gasteiger partial charge in [0.15, 0.2) is 22.5 Å². The van der Waals surface area contributed by atoms with Crippen molar-refractivity contribution in [3.8, 4) is 11.5 Å². The number of benzene rings is 1. The Morgan fingerprint density at radius 1 is 1.14 bits per heavy atom. The van der Waals surface area contributed by atoms with E-state index in [1.807, 2.05) is 36.2 Å². The Kier molecular flexibility index (Phi) is 7.14. The fourth-order valence-electron chi connectivity index (χ4n) is 3.59. The van der Waals surface area contributed by atoms with Crippen LogP contribution in [-0.4, -0.2) is 61.9 Å². The number of rotatable bonds is 7. The van der Waals surface area contributed by atoms with Crippen molar-refractivity contribution in [2.75, 3.05) is 45.8 Å². The number of ether oxygens (including phenoxy) is 2. The third-order valence-corrected chi connectivity index (χ3v) is 5.55. The number of piperidine rings is 1. The zero-order chi connectivity index (χ0) is 20.8. The third-order valence-electron chi connectivity index (χ3n) is 5.35. The molecule has 1 aliphatic heterocycles. The molecule has 0 spiro atoms. The quantitative estimate of drug-likeness (QED) is 0.688. The summed E-state index contributed by atoms with van der Waals surface area (Å²) in [6.45, 7) is 2.24. The molecule has 1 aromatic heterocycles. The number of hydrogen-bond donors (Lipinski definition) is 0. The number of carbonyl (C=O) groups is 1. The van der Waals surface area contributed by atoms with Crippen LogP contribution in [0.3, 0.4) is 0 Å². The molecule has 0 atom stereocenters. The second-order valence-corrected chi connectivity index (χ2v) is 7.56. The second kappa shape index (κ2) is 9.78. The first-order valence-electron chi connectivity index (χ1n) is 9.72. The van der Waals surface area contributed by atoms with E-state index in [-0.39, 0.29) is 11.8 Å². The van der Waals surface area contributed by atoms with Crippen molar-refractivity contribution in [1.29, 1.82) is 0 Å². The first-order valence-corrected chi connectivity index (χ1v) is 10.1. The van der Waals surface area contributed by atoms with E-state index in [9.17, 15) is 4.79 Å². The van der Waals surface area contributed by atoms with E-state index in [4.69, 9.17) is 21.1 Å². The smallest absolute Gasteiger partial charge is 0.225 e. The highest BCUT2D eigenvalue weighted by molar-refractivity contribution is 6.29. The number of methoxy groups -OCH3 is 2. The molecular weight excluding hydrogens is 392 g/mol. The lowest BCUT2D eigenvalue weighted by atomic mass is 9.95. The first-order chi connectivity index (χ1) is 14.0. The van der Waals surface area contributed by atoms with E-state index >= 15 is 0 Å². The van der Waals surface area contributed by atoms with Crippen LogP contribution < -0.4 is 14.4 Å². The van der Waals surface area contributed by atoms with Crippen LogP contribution in [0.5, 0.6) is 11.5 Å². The molecule has 0 unspecified atom stereocenters. The van der Waals surface area contributed by atoms with Crippen molar-refractivity contribution in [3.63, 3.8) is 0 Å². The Hall–Kier alpha value is -2.54. The molecule has 1 fully saturated rings. The lowest BCUT2D eigenvalue weighted by molar-refractivity contribution is -0.134. The molecule has 1 aliphatic rings. The SMILES string of the molecule is COc1ccc(CCN(C)C(=O)C2CCN(c3ccc(Cl)nn3)CC2)cc1OC. The van der Waals surface area contributed by atoms with Crippen molar-refractivity contribution >= 4 is 23.3 Å². The van der Waals surface area contributed by atoms with Crippen LogP contribution in [0, 0.1) is 5.92 Å². The summed E-state index contributed by atoms with van der Waals surface area (Å²) in [6.07, 6.45) is 2.38. The van der Waals surface area contributed by atoms with Gasteiger partial charge in [0.25, 0.3) is 0 Å². The molecule has 1 aromatic carbocycles. The Balaban J connectivity index is 1.50. The van der Waals surface area contributed by atoms with Crippen molar-refractivity contribution in [1.82, 2.24) is 15.1 Å². The fraction of sp³-hybridized carbons (Fsp3) is 0.476. The van der Waals surface area contributed by atoms with Crippen molar-refractivity contribution in [2.24, 2.45) is 5.92 Å².